The van der Waals surface area contributed by atoms with E-state index in [2.05, 4.69) is 10.3 Å². The highest BCUT2D eigenvalue weighted by Gasteiger charge is 2.39. The van der Waals surface area contributed by atoms with Gasteiger partial charge < -0.3 is 10.2 Å². The van der Waals surface area contributed by atoms with Gasteiger partial charge in [0.05, 0.1) is 15.4 Å². The van der Waals surface area contributed by atoms with Crippen molar-refractivity contribution in [3.8, 4) is 0 Å². The average molecular weight is 422 g/mol. The van der Waals surface area contributed by atoms with Crippen LogP contribution in [0.15, 0.2) is 22.9 Å². The Morgan fingerprint density at radius 1 is 1.36 bits per heavy atom. The Balaban J connectivity index is 2.02. The molecule has 0 aromatic carbocycles. The summed E-state index contributed by atoms with van der Waals surface area (Å²) >= 11 is 7.33. The molecule has 0 radical (unpaired) electrons. The predicted octanol–water partition coefficient (Wildman–Crippen LogP) is 2.06. The lowest BCUT2D eigenvalue weighted by molar-refractivity contribution is -0.113. The molecule has 0 aliphatic carbocycles. The number of aliphatic hydroxyl groups is 1. The van der Waals surface area contributed by atoms with Gasteiger partial charge in [0.1, 0.15) is 9.77 Å². The number of thiophene rings is 1. The first-order chi connectivity index (χ1) is 11.6. The second-order valence-corrected chi connectivity index (χ2v) is 9.35. The van der Waals surface area contributed by atoms with Crippen LogP contribution in [0.25, 0.3) is 5.76 Å². The van der Waals surface area contributed by atoms with Crippen LogP contribution in [0, 0.1) is 0 Å². The highest BCUT2D eigenvalue weighted by atomic mass is 35.5. The molecule has 1 aliphatic heterocycles. The van der Waals surface area contributed by atoms with Crippen molar-refractivity contribution in [1.82, 2.24) is 9.29 Å². The number of carbonyl (C=O) groups is 2. The molecule has 2 aromatic rings. The lowest BCUT2D eigenvalue weighted by Crippen LogP contribution is -2.36. The van der Waals surface area contributed by atoms with Gasteiger partial charge in [-0.2, -0.15) is 0 Å². The number of carboxylic acids is 1. The van der Waals surface area contributed by atoms with Crippen molar-refractivity contribution in [3.63, 3.8) is 0 Å². The number of anilines is 1. The van der Waals surface area contributed by atoms with E-state index in [9.17, 15) is 23.1 Å². The molecule has 0 saturated heterocycles. The molecule has 1 amide bonds. The number of hydrogen-bond donors (Lipinski definition) is 3. The Hall–Kier alpha value is -2.15. The maximum absolute atomic E-state index is 12.5. The minimum absolute atomic E-state index is 0.0430. The lowest BCUT2D eigenvalue weighted by Gasteiger charge is -2.26. The molecule has 3 N–H and O–H groups in total. The summed E-state index contributed by atoms with van der Waals surface area (Å²) in [6.45, 7) is 0. The summed E-state index contributed by atoms with van der Waals surface area (Å²) in [7, 11) is -2.95. The zero-order chi connectivity index (χ0) is 18.5. The quantitative estimate of drug-likeness (QED) is 0.689. The molecule has 132 valence electrons. The molecular weight excluding hydrogens is 414 g/mol. The summed E-state index contributed by atoms with van der Waals surface area (Å²) in [4.78, 5) is 26.6. The molecule has 2 aromatic heterocycles. The Morgan fingerprint density at radius 3 is 2.64 bits per heavy atom. The number of rotatable bonds is 3. The number of hydrogen-bond acceptors (Lipinski definition) is 8. The van der Waals surface area contributed by atoms with Crippen molar-refractivity contribution >= 4 is 67.1 Å². The summed E-state index contributed by atoms with van der Waals surface area (Å²) in [5.74, 6) is -2.71. The monoisotopic (exact) mass is 421 g/mol. The first kappa shape index (κ1) is 17.7. The SMILES string of the molecule is CN1C(C(=O)Nc2ncc(C(=O)O)s2)=C(O)c2sc(Cl)cc2S1(=O)=O. The second-order valence-electron chi connectivity index (χ2n) is 4.70. The van der Waals surface area contributed by atoms with Gasteiger partial charge in [-0.1, -0.05) is 22.9 Å². The average Bonchev–Trinajstić information content (AvgIpc) is 3.13. The number of aliphatic hydroxyl groups excluding tert-OH is 1. The van der Waals surface area contributed by atoms with Crippen LogP contribution in [0.1, 0.15) is 14.5 Å². The van der Waals surface area contributed by atoms with Gasteiger partial charge in [-0.05, 0) is 6.07 Å². The van der Waals surface area contributed by atoms with E-state index in [0.717, 1.165) is 24.6 Å². The van der Waals surface area contributed by atoms with Gasteiger partial charge in [-0.15, -0.1) is 11.3 Å². The normalized spacial score (nSPS) is 15.8. The third-order valence-electron chi connectivity index (χ3n) is 3.21. The van der Waals surface area contributed by atoms with Crippen LogP contribution >= 0.6 is 34.3 Å². The summed E-state index contributed by atoms with van der Waals surface area (Å²) < 4.78 is 25.7. The lowest BCUT2D eigenvalue weighted by atomic mass is 10.3. The van der Waals surface area contributed by atoms with Gasteiger partial charge in [0.25, 0.3) is 15.9 Å². The van der Waals surface area contributed by atoms with Crippen LogP contribution in [-0.2, 0) is 14.8 Å². The highest BCUT2D eigenvalue weighted by Crippen LogP contribution is 2.41. The van der Waals surface area contributed by atoms with Crippen LogP contribution in [0.4, 0.5) is 5.13 Å². The minimum atomic E-state index is -4.06. The molecule has 9 nitrogen and oxygen atoms in total. The minimum Gasteiger partial charge on any atom is -0.504 e. The van der Waals surface area contributed by atoms with Crippen LogP contribution in [-0.4, -0.2) is 46.8 Å². The van der Waals surface area contributed by atoms with Gasteiger partial charge in [0.15, 0.2) is 16.6 Å². The van der Waals surface area contributed by atoms with Crippen molar-refractivity contribution in [3.05, 3.63) is 32.1 Å². The fourth-order valence-corrected chi connectivity index (χ4v) is 5.66. The van der Waals surface area contributed by atoms with Gasteiger partial charge in [0.2, 0.25) is 0 Å². The summed E-state index contributed by atoms with van der Waals surface area (Å²) in [6, 6.07) is 1.19. The molecule has 0 atom stereocenters. The first-order valence-corrected chi connectivity index (χ1v) is 9.80. The number of thiazole rings is 1. The molecule has 3 rings (SSSR count). The molecule has 0 saturated carbocycles. The number of sulfonamides is 1. The zero-order valence-electron chi connectivity index (χ0n) is 12.2. The predicted molar refractivity (Wildman–Crippen MR) is 91.5 cm³/mol. The number of likely N-dealkylation sites (N-methyl/N-ethyl adjacent to an activating group) is 1. The number of nitrogens with one attached hydrogen (secondary N) is 1. The third-order valence-corrected chi connectivity index (χ3v) is 7.29. The Morgan fingerprint density at radius 2 is 2.04 bits per heavy atom. The van der Waals surface area contributed by atoms with Crippen LogP contribution < -0.4 is 5.32 Å². The van der Waals surface area contributed by atoms with E-state index in [1.54, 1.807) is 0 Å². The maximum atomic E-state index is 12.5. The largest absolute Gasteiger partial charge is 0.504 e. The molecule has 0 bridgehead atoms. The maximum Gasteiger partial charge on any atom is 0.347 e. The topological polar surface area (TPSA) is 137 Å². The number of carboxylic acid groups (broad SMARTS) is 1. The fourth-order valence-electron chi connectivity index (χ4n) is 2.06. The molecule has 1 aliphatic rings. The first-order valence-electron chi connectivity index (χ1n) is 6.35. The number of amides is 1. The molecule has 3 heterocycles. The van der Waals surface area contributed by atoms with Crippen molar-refractivity contribution in [2.75, 3.05) is 12.4 Å². The van der Waals surface area contributed by atoms with Gasteiger partial charge in [-0.25, -0.2) is 18.2 Å². The number of carbonyl (C=O) groups excluding carboxylic acids is 1. The smallest absolute Gasteiger partial charge is 0.347 e. The number of aromatic carboxylic acids is 1. The Bertz CT molecular complexity index is 1040. The van der Waals surface area contributed by atoms with Gasteiger partial charge in [0, 0.05) is 7.05 Å². The highest BCUT2D eigenvalue weighted by molar-refractivity contribution is 7.89. The molecular formula is C12H8ClN3O6S3. The van der Waals surface area contributed by atoms with E-state index in [0.29, 0.717) is 15.6 Å². The number of nitrogens with zero attached hydrogens (tertiary/aromatic N) is 2. The molecule has 25 heavy (non-hydrogen) atoms. The second kappa shape index (κ2) is 5.98. The summed E-state index contributed by atoms with van der Waals surface area (Å²) in [5.41, 5.74) is -0.516. The van der Waals surface area contributed by atoms with Crippen LogP contribution in [0.2, 0.25) is 4.34 Å². The fraction of sp³-hybridized carbons (Fsp3) is 0.0833. The standard InChI is InChI=1S/C12H8ClN3O6S3/c1-16-7(10(18)15-12-14-3-4(23-12)11(19)20)8(17)9-5(25(16,21)22)2-6(13)24-9/h2-3,17H,1H3,(H,19,20)(H,14,15,18). The summed E-state index contributed by atoms with van der Waals surface area (Å²) in [6.07, 6.45) is 1.05. The zero-order valence-corrected chi connectivity index (χ0v) is 15.4. The van der Waals surface area contributed by atoms with Crippen LogP contribution in [0.5, 0.6) is 0 Å². The van der Waals surface area contributed by atoms with Crippen molar-refractivity contribution < 1.29 is 28.2 Å². The summed E-state index contributed by atoms with van der Waals surface area (Å²) in [5, 5.41) is 21.4. The van der Waals surface area contributed by atoms with Crippen molar-refractivity contribution in [1.29, 1.82) is 0 Å². The van der Waals surface area contributed by atoms with Crippen LogP contribution in [0.3, 0.4) is 0 Å². The van der Waals surface area contributed by atoms with Crippen molar-refractivity contribution in [2.45, 2.75) is 4.90 Å². The van der Waals surface area contributed by atoms with E-state index in [4.69, 9.17) is 16.7 Å². The van der Waals surface area contributed by atoms with E-state index in [-0.39, 0.29) is 24.1 Å². The van der Waals surface area contributed by atoms with E-state index < -0.39 is 33.4 Å². The number of fused-ring (bicyclic) bond motifs is 1. The third kappa shape index (κ3) is 2.86. The Kier molecular flexibility index (Phi) is 4.23. The van der Waals surface area contributed by atoms with Gasteiger partial charge >= 0.3 is 5.97 Å². The molecule has 0 unspecified atom stereocenters. The van der Waals surface area contributed by atoms with E-state index in [1.165, 1.54) is 6.07 Å². The molecule has 0 spiro atoms. The molecule has 0 fully saturated rings. The molecule has 13 heteroatoms. The van der Waals surface area contributed by atoms with Crippen molar-refractivity contribution in [2.24, 2.45) is 0 Å². The number of aromatic nitrogens is 1. The van der Waals surface area contributed by atoms with Gasteiger partial charge in [-0.3, -0.25) is 14.4 Å². The number of halogens is 1. The van der Waals surface area contributed by atoms with E-state index >= 15 is 0 Å². The van der Waals surface area contributed by atoms with E-state index in [1.807, 2.05) is 0 Å². The Labute approximate surface area is 153 Å².